The number of benzene rings is 1. The fourth-order valence-electron chi connectivity index (χ4n) is 2.98. The van der Waals surface area contributed by atoms with Gasteiger partial charge in [-0.15, -0.1) is 0 Å². The van der Waals surface area contributed by atoms with Crippen LogP contribution in [0.25, 0.3) is 16.7 Å². The second-order valence-electron chi connectivity index (χ2n) is 6.37. The van der Waals surface area contributed by atoms with Gasteiger partial charge in [0.2, 0.25) is 5.91 Å². The summed E-state index contributed by atoms with van der Waals surface area (Å²) in [5.74, 6) is 0.0125. The maximum Gasteiger partial charge on any atom is 0.262 e. The van der Waals surface area contributed by atoms with Crippen molar-refractivity contribution in [3.63, 3.8) is 0 Å². The lowest BCUT2D eigenvalue weighted by Crippen LogP contribution is -2.33. The highest BCUT2D eigenvalue weighted by molar-refractivity contribution is 7.99. The molecule has 1 aromatic carbocycles. The molecule has 3 heterocycles. The lowest BCUT2D eigenvalue weighted by molar-refractivity contribution is -0.119. The van der Waals surface area contributed by atoms with E-state index in [0.29, 0.717) is 33.4 Å². The Morgan fingerprint density at radius 2 is 2.36 bits per heavy atom. The van der Waals surface area contributed by atoms with E-state index in [4.69, 9.17) is 16.3 Å². The molecule has 1 amide bonds. The van der Waals surface area contributed by atoms with Crippen molar-refractivity contribution < 1.29 is 9.53 Å². The van der Waals surface area contributed by atoms with Crippen molar-refractivity contribution in [2.75, 3.05) is 18.9 Å². The van der Waals surface area contributed by atoms with Crippen LogP contribution in [0.15, 0.2) is 40.4 Å². The summed E-state index contributed by atoms with van der Waals surface area (Å²) in [4.78, 5) is 31.6. The molecule has 10 heteroatoms. The van der Waals surface area contributed by atoms with E-state index in [1.807, 2.05) is 6.07 Å². The largest absolute Gasteiger partial charge is 0.376 e. The van der Waals surface area contributed by atoms with Crippen LogP contribution in [0.1, 0.15) is 12.8 Å². The van der Waals surface area contributed by atoms with E-state index in [1.54, 1.807) is 22.9 Å². The fraction of sp³-hybridized carbons (Fsp3) is 0.333. The molecule has 3 aromatic rings. The van der Waals surface area contributed by atoms with Gasteiger partial charge >= 0.3 is 0 Å². The number of rotatable bonds is 6. The van der Waals surface area contributed by atoms with Gasteiger partial charge in [0.1, 0.15) is 5.39 Å². The van der Waals surface area contributed by atoms with Crippen molar-refractivity contribution >= 4 is 40.3 Å². The number of ether oxygens (including phenoxy) is 1. The molecular formula is C18H18ClN5O3S. The summed E-state index contributed by atoms with van der Waals surface area (Å²) < 4.78 is 7.04. The van der Waals surface area contributed by atoms with Crippen molar-refractivity contribution in [3.8, 4) is 5.69 Å². The smallest absolute Gasteiger partial charge is 0.262 e. The number of hydrogen-bond donors (Lipinski definition) is 2. The molecule has 1 atom stereocenters. The van der Waals surface area contributed by atoms with Crippen LogP contribution < -0.4 is 10.9 Å². The number of nitrogens with one attached hydrogen (secondary N) is 2. The normalized spacial score (nSPS) is 16.5. The molecule has 1 fully saturated rings. The number of H-pyrrole nitrogens is 1. The molecule has 8 nitrogen and oxygen atoms in total. The van der Waals surface area contributed by atoms with Gasteiger partial charge in [0.05, 0.1) is 23.7 Å². The van der Waals surface area contributed by atoms with Crippen LogP contribution in [0, 0.1) is 0 Å². The van der Waals surface area contributed by atoms with Crippen LogP contribution in [0.3, 0.4) is 0 Å². The number of amides is 1. The molecule has 28 heavy (non-hydrogen) atoms. The van der Waals surface area contributed by atoms with Gasteiger partial charge in [0.15, 0.2) is 10.8 Å². The topological polar surface area (TPSA) is 102 Å². The number of nitrogens with zero attached hydrogens (tertiary/aromatic N) is 3. The Morgan fingerprint density at radius 1 is 1.46 bits per heavy atom. The predicted octanol–water partition coefficient (Wildman–Crippen LogP) is 2.15. The van der Waals surface area contributed by atoms with Crippen LogP contribution in [0.2, 0.25) is 5.02 Å². The molecule has 0 spiro atoms. The number of hydrogen-bond acceptors (Lipinski definition) is 6. The molecule has 2 N–H and O–H groups in total. The van der Waals surface area contributed by atoms with Crippen molar-refractivity contribution in [2.24, 2.45) is 0 Å². The lowest BCUT2D eigenvalue weighted by atomic mass is 10.2. The predicted molar refractivity (Wildman–Crippen MR) is 107 cm³/mol. The molecule has 0 saturated carbocycles. The highest BCUT2D eigenvalue weighted by Crippen LogP contribution is 2.20. The fourth-order valence-corrected chi connectivity index (χ4v) is 3.85. The molecule has 146 valence electrons. The maximum atomic E-state index is 12.4. The Labute approximate surface area is 169 Å². The molecule has 0 radical (unpaired) electrons. The summed E-state index contributed by atoms with van der Waals surface area (Å²) in [7, 11) is 0. The van der Waals surface area contributed by atoms with E-state index in [-0.39, 0.29) is 23.3 Å². The number of aromatic amines is 1. The van der Waals surface area contributed by atoms with Gasteiger partial charge in [0, 0.05) is 18.2 Å². The number of carbonyl (C=O) groups excluding carboxylic acids is 1. The lowest BCUT2D eigenvalue weighted by Gasteiger charge is -2.10. The molecule has 0 unspecified atom stereocenters. The van der Waals surface area contributed by atoms with Gasteiger partial charge in [-0.1, -0.05) is 29.4 Å². The second kappa shape index (κ2) is 8.34. The Hall–Kier alpha value is -2.36. The standard InChI is InChI=1S/C18H18ClN5O3S/c19-11-3-1-4-12(7-11)24-16-14(9-21-24)17(26)23-18(22-16)28-10-15(25)20-8-13-5-2-6-27-13/h1,3-4,7,9,13H,2,5-6,8,10H2,(H,20,25)(H,22,23,26)/t13-/m1/s1. The Bertz CT molecular complexity index is 1060. The first-order valence-corrected chi connectivity index (χ1v) is 10.2. The van der Waals surface area contributed by atoms with E-state index >= 15 is 0 Å². The summed E-state index contributed by atoms with van der Waals surface area (Å²) in [6, 6.07) is 7.12. The molecule has 1 aliphatic rings. The average molecular weight is 420 g/mol. The van der Waals surface area contributed by atoms with Crippen molar-refractivity contribution in [2.45, 2.75) is 24.1 Å². The highest BCUT2D eigenvalue weighted by atomic mass is 35.5. The van der Waals surface area contributed by atoms with Gasteiger partial charge < -0.3 is 15.0 Å². The molecule has 1 aliphatic heterocycles. The third-order valence-corrected chi connectivity index (χ3v) is 5.47. The van der Waals surface area contributed by atoms with E-state index in [0.717, 1.165) is 31.2 Å². The molecule has 1 saturated heterocycles. The minimum absolute atomic E-state index is 0.0929. The van der Waals surface area contributed by atoms with Gasteiger partial charge in [-0.25, -0.2) is 9.67 Å². The first-order valence-electron chi connectivity index (χ1n) is 8.85. The number of halogens is 1. The second-order valence-corrected chi connectivity index (χ2v) is 7.77. The number of fused-ring (bicyclic) bond motifs is 1. The number of thioether (sulfide) groups is 1. The third-order valence-electron chi connectivity index (χ3n) is 4.36. The first-order chi connectivity index (χ1) is 13.6. The summed E-state index contributed by atoms with van der Waals surface area (Å²) in [6.07, 6.45) is 3.55. The summed E-state index contributed by atoms with van der Waals surface area (Å²) >= 11 is 7.21. The maximum absolute atomic E-state index is 12.4. The number of aromatic nitrogens is 4. The summed E-state index contributed by atoms with van der Waals surface area (Å²) in [5, 5.41) is 8.38. The van der Waals surface area contributed by atoms with E-state index in [1.165, 1.54) is 6.20 Å². The third kappa shape index (κ3) is 4.21. The molecule has 4 rings (SSSR count). The van der Waals surface area contributed by atoms with Crippen LogP contribution in [0.5, 0.6) is 0 Å². The number of carbonyl (C=O) groups is 1. The molecule has 2 aromatic heterocycles. The minimum Gasteiger partial charge on any atom is -0.376 e. The average Bonchev–Trinajstić information content (AvgIpc) is 3.34. The summed E-state index contributed by atoms with van der Waals surface area (Å²) in [5.41, 5.74) is 0.805. The van der Waals surface area contributed by atoms with Gasteiger partial charge in [0.25, 0.3) is 5.56 Å². The quantitative estimate of drug-likeness (QED) is 0.469. The highest BCUT2D eigenvalue weighted by Gasteiger charge is 2.17. The van der Waals surface area contributed by atoms with Crippen molar-refractivity contribution in [3.05, 3.63) is 45.8 Å². The van der Waals surface area contributed by atoms with Crippen molar-refractivity contribution in [1.29, 1.82) is 0 Å². The van der Waals surface area contributed by atoms with E-state index in [2.05, 4.69) is 20.4 Å². The van der Waals surface area contributed by atoms with Crippen LogP contribution >= 0.6 is 23.4 Å². The Balaban J connectivity index is 1.49. The van der Waals surface area contributed by atoms with E-state index in [9.17, 15) is 9.59 Å². The van der Waals surface area contributed by atoms with Crippen LogP contribution in [-0.2, 0) is 9.53 Å². The Kier molecular flexibility index (Phi) is 5.65. The first kappa shape index (κ1) is 19.0. The zero-order valence-corrected chi connectivity index (χ0v) is 16.4. The molecule has 0 bridgehead atoms. The Morgan fingerprint density at radius 3 is 3.14 bits per heavy atom. The van der Waals surface area contributed by atoms with Gasteiger partial charge in [-0.3, -0.25) is 9.59 Å². The van der Waals surface area contributed by atoms with Crippen molar-refractivity contribution in [1.82, 2.24) is 25.1 Å². The van der Waals surface area contributed by atoms with Crippen LogP contribution in [0.4, 0.5) is 0 Å². The molecular weight excluding hydrogens is 402 g/mol. The van der Waals surface area contributed by atoms with Gasteiger partial charge in [-0.2, -0.15) is 5.10 Å². The van der Waals surface area contributed by atoms with Gasteiger partial charge in [-0.05, 0) is 31.0 Å². The SMILES string of the molecule is O=C(CSc1nc2c(cnn2-c2cccc(Cl)c2)c(=O)[nH]1)NC[C@H]1CCCO1. The van der Waals surface area contributed by atoms with Crippen LogP contribution in [-0.4, -0.2) is 50.7 Å². The zero-order chi connectivity index (χ0) is 19.5. The molecule has 0 aliphatic carbocycles. The monoisotopic (exact) mass is 419 g/mol. The summed E-state index contributed by atoms with van der Waals surface area (Å²) in [6.45, 7) is 1.25. The zero-order valence-electron chi connectivity index (χ0n) is 14.9. The minimum atomic E-state index is -0.305. The van der Waals surface area contributed by atoms with E-state index < -0.39 is 0 Å².